The van der Waals surface area contributed by atoms with E-state index in [0.717, 1.165) is 18.7 Å². The van der Waals surface area contributed by atoms with Gasteiger partial charge in [-0.15, -0.1) is 0 Å². The summed E-state index contributed by atoms with van der Waals surface area (Å²) < 4.78 is 41.2. The number of cyclic esters (lactones) is 1. The predicted octanol–water partition coefficient (Wildman–Crippen LogP) is 6.25. The van der Waals surface area contributed by atoms with E-state index in [4.69, 9.17) is 33.2 Å². The lowest BCUT2D eigenvalue weighted by Gasteiger charge is -2.42. The molecule has 3 saturated heterocycles. The Kier molecular flexibility index (Phi) is 25.0. The average molecular weight is 1070 g/mol. The molecule has 0 radical (unpaired) electrons. The smallest absolute Gasteiger partial charge is 0.407 e. The number of fused-ring (bicyclic) bond motifs is 3. The van der Waals surface area contributed by atoms with Gasteiger partial charge in [-0.1, -0.05) is 71.1 Å². The fraction of sp³-hybridized carbons (Fsp3) is 0.759. The second-order valence-electron chi connectivity index (χ2n) is 22.3. The molecule has 0 aromatic heterocycles. The number of carbonyl (C=O) groups excluding carboxylic acids is 6. The number of ether oxygens (including phenoxy) is 7. The number of ketones is 3. The molecule has 0 spiro atoms. The van der Waals surface area contributed by atoms with Crippen LogP contribution in [0.1, 0.15) is 126 Å². The molecule has 0 unspecified atom stereocenters. The molecule has 3 N–H and O–H groups in total. The summed E-state index contributed by atoms with van der Waals surface area (Å²) in [5.74, 6) is -8.29. The van der Waals surface area contributed by atoms with E-state index in [0.29, 0.717) is 96.1 Å². The normalized spacial score (nSPS) is 36.5. The molecule has 2 bridgehead atoms. The van der Waals surface area contributed by atoms with Crippen LogP contribution in [0.4, 0.5) is 4.79 Å². The molecule has 2 amide bonds. The topological polar surface area (TPSA) is 226 Å². The van der Waals surface area contributed by atoms with Gasteiger partial charge in [0, 0.05) is 84.6 Å². The minimum Gasteiger partial charge on any atom is -0.460 e. The fourth-order valence-electron chi connectivity index (χ4n) is 11.6. The Labute approximate surface area is 451 Å². The number of methoxy groups -OCH3 is 3. The number of aliphatic hydroxyl groups excluding tert-OH is 1. The number of carbonyl (C=O) groups is 6. The Hall–Kier alpha value is -4.14. The maximum absolute atomic E-state index is 14.6. The summed E-state index contributed by atoms with van der Waals surface area (Å²) in [5.41, 5.74) is 1.24. The molecule has 15 atom stereocenters. The Bertz CT molecular complexity index is 2070. The molecule has 1 aliphatic carbocycles. The van der Waals surface area contributed by atoms with Crippen molar-refractivity contribution in [2.45, 2.75) is 180 Å². The Morgan fingerprint density at radius 1 is 0.855 bits per heavy atom. The summed E-state index contributed by atoms with van der Waals surface area (Å²) in [7, 11) is 4.53. The predicted molar refractivity (Wildman–Crippen MR) is 285 cm³/mol. The molecular formula is C58H91N3O15. The first-order valence-corrected chi connectivity index (χ1v) is 27.9. The molecule has 0 aromatic rings. The molecule has 18 nitrogen and oxygen atoms in total. The van der Waals surface area contributed by atoms with Crippen molar-refractivity contribution in [1.82, 2.24) is 15.1 Å². The number of aliphatic hydroxyl groups is 2. The van der Waals surface area contributed by atoms with E-state index in [2.05, 4.69) is 10.2 Å². The van der Waals surface area contributed by atoms with Crippen LogP contribution in [-0.4, -0.2) is 177 Å². The summed E-state index contributed by atoms with van der Waals surface area (Å²) in [6.45, 7) is 16.8. The Balaban J connectivity index is 1.40. The number of hydrogen-bond acceptors (Lipinski definition) is 16. The zero-order valence-corrected chi connectivity index (χ0v) is 47.1. The van der Waals surface area contributed by atoms with Crippen molar-refractivity contribution in [3.05, 3.63) is 47.6 Å². The second-order valence-corrected chi connectivity index (χ2v) is 22.3. The van der Waals surface area contributed by atoms with E-state index in [1.54, 1.807) is 41.1 Å². The third-order valence-corrected chi connectivity index (χ3v) is 16.5. The van der Waals surface area contributed by atoms with E-state index >= 15 is 0 Å². The highest BCUT2D eigenvalue weighted by Crippen LogP contribution is 2.38. The second kappa shape index (κ2) is 30.3. The van der Waals surface area contributed by atoms with Crippen molar-refractivity contribution in [3.8, 4) is 0 Å². The van der Waals surface area contributed by atoms with Gasteiger partial charge in [-0.3, -0.25) is 24.1 Å². The van der Waals surface area contributed by atoms with Gasteiger partial charge in [0.05, 0.1) is 31.5 Å². The maximum Gasteiger partial charge on any atom is 0.407 e. The number of esters is 1. The quantitative estimate of drug-likeness (QED) is 0.125. The first-order valence-electron chi connectivity index (χ1n) is 27.9. The van der Waals surface area contributed by atoms with Gasteiger partial charge in [0.2, 0.25) is 5.79 Å². The van der Waals surface area contributed by atoms with Crippen LogP contribution < -0.4 is 5.32 Å². The molecule has 76 heavy (non-hydrogen) atoms. The number of hydrogen-bond donors (Lipinski definition) is 3. The molecule has 4 fully saturated rings. The van der Waals surface area contributed by atoms with Crippen molar-refractivity contribution < 1.29 is 72.1 Å². The van der Waals surface area contributed by atoms with E-state index in [9.17, 15) is 39.0 Å². The van der Waals surface area contributed by atoms with Crippen LogP contribution in [0.2, 0.25) is 0 Å². The number of amides is 2. The van der Waals surface area contributed by atoms with E-state index in [1.807, 2.05) is 58.1 Å². The largest absolute Gasteiger partial charge is 0.460 e. The van der Waals surface area contributed by atoms with E-state index in [1.165, 1.54) is 12.0 Å². The van der Waals surface area contributed by atoms with Crippen LogP contribution >= 0.6 is 0 Å². The Morgan fingerprint density at radius 3 is 2.29 bits per heavy atom. The third-order valence-electron chi connectivity index (χ3n) is 16.5. The van der Waals surface area contributed by atoms with E-state index < -0.39 is 102 Å². The number of rotatable bonds is 10. The number of morpholine rings is 1. The summed E-state index contributed by atoms with van der Waals surface area (Å²) in [5, 5.41) is 26.4. The van der Waals surface area contributed by atoms with Gasteiger partial charge >= 0.3 is 12.1 Å². The third kappa shape index (κ3) is 17.4. The zero-order valence-electron chi connectivity index (χ0n) is 47.1. The van der Waals surface area contributed by atoms with E-state index in [-0.39, 0.29) is 42.8 Å². The van der Waals surface area contributed by atoms with Gasteiger partial charge < -0.3 is 53.6 Å². The van der Waals surface area contributed by atoms with Crippen molar-refractivity contribution in [3.63, 3.8) is 0 Å². The number of Topliss-reactive ketones (excluding diaryl/α,β-unsaturated/α-hetero) is 3. The van der Waals surface area contributed by atoms with Gasteiger partial charge in [0.25, 0.3) is 11.7 Å². The summed E-state index contributed by atoms with van der Waals surface area (Å²) in [4.78, 5) is 87.8. The zero-order chi connectivity index (χ0) is 55.7. The highest BCUT2D eigenvalue weighted by molar-refractivity contribution is 6.39. The highest BCUT2D eigenvalue weighted by atomic mass is 16.6. The van der Waals surface area contributed by atoms with Gasteiger partial charge in [-0.2, -0.15) is 0 Å². The van der Waals surface area contributed by atoms with Crippen LogP contribution in [0.3, 0.4) is 0 Å². The number of nitrogens with zero attached hydrogens (tertiary/aromatic N) is 2. The molecule has 4 heterocycles. The van der Waals surface area contributed by atoms with Crippen molar-refractivity contribution in [2.24, 2.45) is 35.5 Å². The monoisotopic (exact) mass is 1070 g/mol. The van der Waals surface area contributed by atoms with Crippen LogP contribution in [0.15, 0.2) is 47.6 Å². The molecule has 1 saturated carbocycles. The van der Waals surface area contributed by atoms with Crippen LogP contribution in [0.25, 0.3) is 0 Å². The minimum absolute atomic E-state index is 0.00409. The van der Waals surface area contributed by atoms with Crippen molar-refractivity contribution in [1.29, 1.82) is 0 Å². The first kappa shape index (κ1) is 62.7. The average Bonchev–Trinajstić information content (AvgIpc) is 3.40. The number of nitrogens with one attached hydrogen (secondary N) is 1. The summed E-state index contributed by atoms with van der Waals surface area (Å²) in [6, 6.07) is -1.17. The summed E-state index contributed by atoms with van der Waals surface area (Å²) in [6.07, 6.45) is 10.3. The van der Waals surface area contributed by atoms with Gasteiger partial charge in [0.1, 0.15) is 36.2 Å². The Morgan fingerprint density at radius 2 is 1.59 bits per heavy atom. The fourth-order valence-corrected chi connectivity index (χ4v) is 11.6. The van der Waals surface area contributed by atoms with Crippen LogP contribution in [0.5, 0.6) is 0 Å². The standard InChI is InChI=1S/C58H91N3O15/c1-36-16-12-11-13-17-37(2)48(70-8)34-44-21-19-42(7)58(69,76-44)54(65)55(66)61-24-15-14-18-45(61)56(67)74-49(35-46(62)38(3)31-41(6)52(64)53(72-10)51(63)40(5)30-36)39(4)32-43-20-22-47(50(33-43)71-9)75-57(68)59-23-25-60-26-28-73-29-27-60/h11-13,16-17,31,36,38-40,42-45,47-50,52-53,64,69H,14-15,18-30,32-35H2,1-10H3,(H,59,68)/b13-11?,16-12+,37-17?,41-31+/t36-,38-,39-,40-,42-,43+,44+,45+,47-,48+,49+,50-,52-,53+,58-/m1/s1. The molecule has 4 aliphatic heterocycles. The highest BCUT2D eigenvalue weighted by Gasteiger charge is 2.53. The van der Waals surface area contributed by atoms with Crippen molar-refractivity contribution >= 4 is 35.3 Å². The first-order chi connectivity index (χ1) is 36.2. The molecule has 5 aliphatic rings. The maximum atomic E-state index is 14.6. The minimum atomic E-state index is -2.45. The van der Waals surface area contributed by atoms with Crippen molar-refractivity contribution in [2.75, 3.05) is 67.3 Å². The van der Waals surface area contributed by atoms with Crippen LogP contribution in [-0.2, 0) is 57.1 Å². The lowest BCUT2D eigenvalue weighted by Crippen LogP contribution is -2.61. The van der Waals surface area contributed by atoms with Gasteiger partial charge in [0.15, 0.2) is 5.78 Å². The molecule has 428 valence electrons. The molecule has 18 heteroatoms. The molecule has 5 rings (SSSR count). The molecular weight excluding hydrogens is 979 g/mol. The number of piperidine rings is 1. The van der Waals surface area contributed by atoms with Gasteiger partial charge in [-0.05, 0) is 107 Å². The summed E-state index contributed by atoms with van der Waals surface area (Å²) >= 11 is 0. The SMILES string of the molecule is CO[C@H]1C[C@@H]2CC[C@@H](C)[C@@](O)(O2)C(=O)C(=O)N2CCCC[C@H]2C(=O)O[C@H]([C@H](C)C[C@@H]2CC[C@@H](OC(=O)NCCN3CCOCC3)[C@H](OC)C2)CC(=O)[C@H](C)/C=C(\C)[C@@H](O)[C@@H](OC)C(=O)[C@H](C)C[C@H](C)/C=C/C=CC=C1C. The molecule has 0 aromatic carbocycles. The lowest BCUT2D eigenvalue weighted by molar-refractivity contribution is -0.265. The number of allylic oxidation sites excluding steroid dienone is 6. The lowest BCUT2D eigenvalue weighted by atomic mass is 9.78. The van der Waals surface area contributed by atoms with Crippen LogP contribution in [0, 0.1) is 35.5 Å². The van der Waals surface area contributed by atoms with Gasteiger partial charge in [-0.25, -0.2) is 9.59 Å². The number of alkyl carbamates (subject to hydrolysis) is 1.